The molecule has 2 nitrogen and oxygen atoms in total. The fraction of sp³-hybridized carbons (Fsp3) is 0.929. The zero-order valence-corrected chi connectivity index (χ0v) is 10.8. The summed E-state index contributed by atoms with van der Waals surface area (Å²) in [5.41, 5.74) is 0. The molecule has 0 aromatic rings. The summed E-state index contributed by atoms with van der Waals surface area (Å²) < 4.78 is 0. The zero-order valence-electron chi connectivity index (χ0n) is 10.8. The highest BCUT2D eigenvalue weighted by Gasteiger charge is 2.22. The zero-order chi connectivity index (χ0) is 11.8. The van der Waals surface area contributed by atoms with Gasteiger partial charge in [0.05, 0.1) is 12.0 Å². The highest BCUT2D eigenvalue weighted by Crippen LogP contribution is 2.22. The molecule has 1 rings (SSSR count). The van der Waals surface area contributed by atoms with E-state index < -0.39 is 0 Å². The van der Waals surface area contributed by atoms with Crippen LogP contribution in [0.3, 0.4) is 0 Å². The Morgan fingerprint density at radius 1 is 1.25 bits per heavy atom. The van der Waals surface area contributed by atoms with E-state index in [4.69, 9.17) is 5.26 Å². The van der Waals surface area contributed by atoms with Gasteiger partial charge in [-0.2, -0.15) is 5.26 Å². The Morgan fingerprint density at radius 3 is 2.69 bits per heavy atom. The molecule has 1 saturated carbocycles. The van der Waals surface area contributed by atoms with Crippen LogP contribution in [0.1, 0.15) is 58.8 Å². The molecule has 0 saturated heterocycles. The predicted molar refractivity (Wildman–Crippen MR) is 68.1 cm³/mol. The van der Waals surface area contributed by atoms with E-state index in [1.54, 1.807) is 0 Å². The first-order chi connectivity index (χ1) is 7.74. The van der Waals surface area contributed by atoms with Crippen LogP contribution in [0.25, 0.3) is 0 Å². The highest BCUT2D eigenvalue weighted by atomic mass is 14.9. The first-order valence-electron chi connectivity index (χ1n) is 6.87. The standard InChI is InChI=1S/C14H26N2/c1-12(2)7-6-10-16-14-9-5-3-4-8-13(14)11-15/h12-14,16H,3-10H2,1-2H3. The Balaban J connectivity index is 2.24. The minimum Gasteiger partial charge on any atom is -0.313 e. The number of nitrogens with one attached hydrogen (secondary N) is 1. The van der Waals surface area contributed by atoms with Gasteiger partial charge >= 0.3 is 0 Å². The van der Waals surface area contributed by atoms with E-state index >= 15 is 0 Å². The van der Waals surface area contributed by atoms with Crippen molar-refractivity contribution in [3.05, 3.63) is 0 Å². The summed E-state index contributed by atoms with van der Waals surface area (Å²) in [6, 6.07) is 2.94. The summed E-state index contributed by atoms with van der Waals surface area (Å²) in [7, 11) is 0. The van der Waals surface area contributed by atoms with Gasteiger partial charge in [0.15, 0.2) is 0 Å². The van der Waals surface area contributed by atoms with Gasteiger partial charge in [-0.25, -0.2) is 0 Å². The quantitative estimate of drug-likeness (QED) is 0.571. The van der Waals surface area contributed by atoms with Gasteiger partial charge in [0.25, 0.3) is 0 Å². The summed E-state index contributed by atoms with van der Waals surface area (Å²) >= 11 is 0. The molecule has 0 radical (unpaired) electrons. The molecule has 0 amide bonds. The Labute approximate surface area is 100 Å². The van der Waals surface area contributed by atoms with Crippen molar-refractivity contribution in [1.82, 2.24) is 5.32 Å². The van der Waals surface area contributed by atoms with Crippen molar-refractivity contribution in [3.63, 3.8) is 0 Å². The summed E-state index contributed by atoms with van der Waals surface area (Å²) in [5, 5.41) is 12.7. The molecule has 1 aliphatic rings. The number of rotatable bonds is 5. The van der Waals surface area contributed by atoms with E-state index in [9.17, 15) is 0 Å². The molecular weight excluding hydrogens is 196 g/mol. The number of nitriles is 1. The third-order valence-electron chi connectivity index (χ3n) is 3.55. The molecule has 0 spiro atoms. The Bertz CT molecular complexity index is 217. The van der Waals surface area contributed by atoms with Crippen molar-refractivity contribution in [3.8, 4) is 6.07 Å². The fourth-order valence-electron chi connectivity index (χ4n) is 2.50. The van der Waals surface area contributed by atoms with E-state index in [-0.39, 0.29) is 5.92 Å². The lowest BCUT2D eigenvalue weighted by Crippen LogP contribution is -2.35. The molecule has 2 atom stereocenters. The Morgan fingerprint density at radius 2 is 2.00 bits per heavy atom. The largest absolute Gasteiger partial charge is 0.313 e. The summed E-state index contributed by atoms with van der Waals surface area (Å²) in [4.78, 5) is 0. The molecule has 2 heteroatoms. The first kappa shape index (κ1) is 13.5. The smallest absolute Gasteiger partial charge is 0.0672 e. The molecule has 0 bridgehead atoms. The molecule has 0 aliphatic heterocycles. The van der Waals surface area contributed by atoms with Crippen LogP contribution in [0.5, 0.6) is 0 Å². The van der Waals surface area contributed by atoms with Crippen LogP contribution in [0.4, 0.5) is 0 Å². The van der Waals surface area contributed by atoms with Crippen molar-refractivity contribution in [2.24, 2.45) is 11.8 Å². The maximum atomic E-state index is 9.14. The van der Waals surface area contributed by atoms with Crippen LogP contribution in [-0.4, -0.2) is 12.6 Å². The van der Waals surface area contributed by atoms with E-state index in [1.165, 1.54) is 38.5 Å². The van der Waals surface area contributed by atoms with Gasteiger partial charge in [-0.3, -0.25) is 0 Å². The van der Waals surface area contributed by atoms with Crippen LogP contribution in [-0.2, 0) is 0 Å². The Kier molecular flexibility index (Phi) is 6.49. The maximum Gasteiger partial charge on any atom is 0.0672 e. The van der Waals surface area contributed by atoms with Crippen molar-refractivity contribution in [1.29, 1.82) is 5.26 Å². The van der Waals surface area contributed by atoms with Crippen LogP contribution in [0.2, 0.25) is 0 Å². The lowest BCUT2D eigenvalue weighted by molar-refractivity contribution is 0.384. The minimum atomic E-state index is 0.251. The van der Waals surface area contributed by atoms with Crippen molar-refractivity contribution >= 4 is 0 Å². The second kappa shape index (κ2) is 7.68. The normalized spacial score (nSPS) is 26.4. The summed E-state index contributed by atoms with van der Waals surface area (Å²) in [6.07, 6.45) is 8.66. The molecule has 2 unspecified atom stereocenters. The molecule has 0 aromatic heterocycles. The highest BCUT2D eigenvalue weighted by molar-refractivity contribution is 4.93. The van der Waals surface area contributed by atoms with Gasteiger partial charge < -0.3 is 5.32 Å². The molecule has 1 aliphatic carbocycles. The molecular formula is C14H26N2. The van der Waals surface area contributed by atoms with Crippen LogP contribution < -0.4 is 5.32 Å². The van der Waals surface area contributed by atoms with Gasteiger partial charge in [-0.15, -0.1) is 0 Å². The van der Waals surface area contributed by atoms with Gasteiger partial charge in [-0.05, 0) is 38.1 Å². The number of hydrogen-bond acceptors (Lipinski definition) is 2. The Hall–Kier alpha value is -0.550. The van der Waals surface area contributed by atoms with Crippen molar-refractivity contribution in [2.45, 2.75) is 64.8 Å². The van der Waals surface area contributed by atoms with E-state index in [0.29, 0.717) is 6.04 Å². The monoisotopic (exact) mass is 222 g/mol. The van der Waals surface area contributed by atoms with Crippen molar-refractivity contribution < 1.29 is 0 Å². The topological polar surface area (TPSA) is 35.8 Å². The van der Waals surface area contributed by atoms with Crippen LogP contribution >= 0.6 is 0 Å². The van der Waals surface area contributed by atoms with Crippen molar-refractivity contribution in [2.75, 3.05) is 6.54 Å². The second-order valence-electron chi connectivity index (χ2n) is 5.47. The fourth-order valence-corrected chi connectivity index (χ4v) is 2.50. The summed E-state index contributed by atoms with van der Waals surface area (Å²) in [5.74, 6) is 1.05. The number of nitrogens with zero attached hydrogens (tertiary/aromatic N) is 1. The molecule has 92 valence electrons. The van der Waals surface area contributed by atoms with Crippen LogP contribution in [0, 0.1) is 23.2 Å². The first-order valence-corrected chi connectivity index (χ1v) is 6.87. The second-order valence-corrected chi connectivity index (χ2v) is 5.47. The minimum absolute atomic E-state index is 0.251. The third-order valence-corrected chi connectivity index (χ3v) is 3.55. The van der Waals surface area contributed by atoms with Gasteiger partial charge in [0, 0.05) is 6.04 Å². The third kappa shape index (κ3) is 4.99. The molecule has 1 N–H and O–H groups in total. The average Bonchev–Trinajstić information content (AvgIpc) is 2.48. The van der Waals surface area contributed by atoms with Gasteiger partial charge in [0.1, 0.15) is 0 Å². The van der Waals surface area contributed by atoms with E-state index in [1.807, 2.05) is 0 Å². The summed E-state index contributed by atoms with van der Waals surface area (Å²) in [6.45, 7) is 5.62. The van der Waals surface area contributed by atoms with Gasteiger partial charge in [-0.1, -0.05) is 33.1 Å². The van der Waals surface area contributed by atoms with Gasteiger partial charge in [0.2, 0.25) is 0 Å². The molecule has 0 heterocycles. The average molecular weight is 222 g/mol. The molecule has 1 fully saturated rings. The van der Waals surface area contributed by atoms with Crippen LogP contribution in [0.15, 0.2) is 0 Å². The van der Waals surface area contributed by atoms with E-state index in [0.717, 1.165) is 18.9 Å². The SMILES string of the molecule is CC(C)CCCNC1CCCCCC1C#N. The lowest BCUT2D eigenvalue weighted by atomic mass is 9.96. The lowest BCUT2D eigenvalue weighted by Gasteiger charge is -2.21. The maximum absolute atomic E-state index is 9.14. The van der Waals surface area contributed by atoms with E-state index in [2.05, 4.69) is 25.2 Å². The molecule has 0 aromatic carbocycles. The number of hydrogen-bond donors (Lipinski definition) is 1. The predicted octanol–water partition coefficient (Wildman–Crippen LogP) is 3.48. The molecule has 16 heavy (non-hydrogen) atoms.